The van der Waals surface area contributed by atoms with Gasteiger partial charge in [0.1, 0.15) is 5.69 Å². The Morgan fingerprint density at radius 2 is 2.47 bits per heavy atom. The van der Waals surface area contributed by atoms with Crippen LogP contribution in [0.15, 0.2) is 18.3 Å². The molecule has 0 aliphatic carbocycles. The van der Waals surface area contributed by atoms with Crippen molar-refractivity contribution < 1.29 is 4.79 Å². The molecule has 1 amide bonds. The fraction of sp³-hybridized carbons (Fsp3) is 0.538. The highest BCUT2D eigenvalue weighted by Gasteiger charge is 2.23. The van der Waals surface area contributed by atoms with Crippen LogP contribution in [0.25, 0.3) is 0 Å². The number of aromatic nitrogens is 1. The zero-order valence-electron chi connectivity index (χ0n) is 10.4. The number of pyridine rings is 1. The van der Waals surface area contributed by atoms with Gasteiger partial charge >= 0.3 is 0 Å². The summed E-state index contributed by atoms with van der Waals surface area (Å²) in [5.41, 5.74) is 1.71. The molecule has 1 N–H and O–H groups in total. The maximum absolute atomic E-state index is 11.7. The van der Waals surface area contributed by atoms with E-state index in [1.165, 1.54) is 12.0 Å². The Bertz CT molecular complexity index is 405. The van der Waals surface area contributed by atoms with Crippen molar-refractivity contribution in [3.05, 3.63) is 29.6 Å². The largest absolute Gasteiger partial charge is 0.351 e. The Balaban J connectivity index is 2.19. The Morgan fingerprint density at radius 3 is 3.12 bits per heavy atom. The third-order valence-corrected chi connectivity index (χ3v) is 3.26. The predicted molar refractivity (Wildman–Crippen MR) is 66.8 cm³/mol. The second-order valence-corrected chi connectivity index (χ2v) is 4.47. The third kappa shape index (κ3) is 2.64. The smallest absolute Gasteiger partial charge is 0.269 e. The molecule has 2 heterocycles. The minimum atomic E-state index is -0.0880. The maximum atomic E-state index is 11.7. The molecule has 1 aliphatic rings. The van der Waals surface area contributed by atoms with E-state index >= 15 is 0 Å². The Morgan fingerprint density at radius 1 is 1.65 bits per heavy atom. The molecule has 0 radical (unpaired) electrons. The molecule has 1 atom stereocenters. The van der Waals surface area contributed by atoms with Gasteiger partial charge in [-0.05, 0) is 51.1 Å². The van der Waals surface area contributed by atoms with E-state index in [1.54, 1.807) is 6.20 Å². The van der Waals surface area contributed by atoms with Crippen molar-refractivity contribution in [3.63, 3.8) is 0 Å². The highest BCUT2D eigenvalue weighted by molar-refractivity contribution is 5.92. The van der Waals surface area contributed by atoms with E-state index in [2.05, 4.69) is 22.2 Å². The van der Waals surface area contributed by atoms with Gasteiger partial charge in [-0.2, -0.15) is 0 Å². The van der Waals surface area contributed by atoms with Crippen LogP contribution >= 0.6 is 0 Å². The van der Waals surface area contributed by atoms with E-state index in [-0.39, 0.29) is 5.91 Å². The summed E-state index contributed by atoms with van der Waals surface area (Å²) in [6.45, 7) is 3.67. The summed E-state index contributed by atoms with van der Waals surface area (Å²) in [7, 11) is 2.13. The molecule has 2 rings (SSSR count). The van der Waals surface area contributed by atoms with Crippen molar-refractivity contribution in [3.8, 4) is 0 Å². The first kappa shape index (κ1) is 12.0. The fourth-order valence-corrected chi connectivity index (χ4v) is 2.36. The topological polar surface area (TPSA) is 45.2 Å². The van der Waals surface area contributed by atoms with E-state index in [0.717, 1.165) is 13.0 Å². The molecule has 4 nitrogen and oxygen atoms in total. The molecule has 1 aliphatic heterocycles. The molecule has 0 bridgehead atoms. The first-order valence-corrected chi connectivity index (χ1v) is 6.16. The number of rotatable bonds is 3. The van der Waals surface area contributed by atoms with Crippen LogP contribution in [0.5, 0.6) is 0 Å². The minimum Gasteiger partial charge on any atom is -0.351 e. The van der Waals surface area contributed by atoms with Gasteiger partial charge in [0, 0.05) is 18.8 Å². The van der Waals surface area contributed by atoms with Crippen LogP contribution in [-0.2, 0) is 0 Å². The summed E-state index contributed by atoms with van der Waals surface area (Å²) in [5, 5.41) is 2.78. The van der Waals surface area contributed by atoms with Gasteiger partial charge in [0.15, 0.2) is 0 Å². The van der Waals surface area contributed by atoms with Crippen LogP contribution in [-0.4, -0.2) is 35.9 Å². The van der Waals surface area contributed by atoms with Gasteiger partial charge in [-0.25, -0.2) is 0 Å². The molecule has 0 spiro atoms. The van der Waals surface area contributed by atoms with E-state index in [4.69, 9.17) is 0 Å². The van der Waals surface area contributed by atoms with E-state index in [9.17, 15) is 4.79 Å². The number of carbonyl (C=O) groups is 1. The third-order valence-electron chi connectivity index (χ3n) is 3.26. The molecule has 1 aromatic rings. The molecule has 0 aromatic carbocycles. The number of nitrogens with zero attached hydrogens (tertiary/aromatic N) is 2. The second-order valence-electron chi connectivity index (χ2n) is 4.47. The molecular formula is C13H19N3O. The lowest BCUT2D eigenvalue weighted by Gasteiger charge is -2.19. The Labute approximate surface area is 102 Å². The van der Waals surface area contributed by atoms with Crippen LogP contribution in [0.3, 0.4) is 0 Å². The van der Waals surface area contributed by atoms with Gasteiger partial charge in [0.05, 0.1) is 0 Å². The number of carbonyl (C=O) groups excluding carboxylic acids is 1. The SMILES string of the molecule is CCNC(=O)c1cc([C@@H]2CCCN2C)ccn1. The average molecular weight is 233 g/mol. The summed E-state index contributed by atoms with van der Waals surface area (Å²) < 4.78 is 0. The number of likely N-dealkylation sites (tertiary alicyclic amines) is 1. The van der Waals surface area contributed by atoms with Crippen molar-refractivity contribution in [2.45, 2.75) is 25.8 Å². The van der Waals surface area contributed by atoms with Crippen LogP contribution in [0.4, 0.5) is 0 Å². The van der Waals surface area contributed by atoms with Crippen molar-refractivity contribution in [1.82, 2.24) is 15.2 Å². The standard InChI is InChI=1S/C13H19N3O/c1-3-14-13(17)11-9-10(6-7-15-11)12-5-4-8-16(12)2/h6-7,9,12H,3-5,8H2,1-2H3,(H,14,17)/t12-/m0/s1. The van der Waals surface area contributed by atoms with Gasteiger partial charge in [-0.15, -0.1) is 0 Å². The van der Waals surface area contributed by atoms with Gasteiger partial charge in [0.25, 0.3) is 5.91 Å². The van der Waals surface area contributed by atoms with Gasteiger partial charge in [-0.1, -0.05) is 0 Å². The molecule has 1 saturated heterocycles. The normalized spacial score (nSPS) is 20.5. The van der Waals surface area contributed by atoms with Gasteiger partial charge in [0.2, 0.25) is 0 Å². The lowest BCUT2D eigenvalue weighted by atomic mass is 10.1. The van der Waals surface area contributed by atoms with Crippen LogP contribution < -0.4 is 5.32 Å². The highest BCUT2D eigenvalue weighted by atomic mass is 16.1. The highest BCUT2D eigenvalue weighted by Crippen LogP contribution is 2.30. The maximum Gasteiger partial charge on any atom is 0.269 e. The molecule has 0 saturated carbocycles. The molecule has 0 unspecified atom stereocenters. The summed E-state index contributed by atoms with van der Waals surface area (Å²) in [6, 6.07) is 4.36. The summed E-state index contributed by atoms with van der Waals surface area (Å²) in [6.07, 6.45) is 4.11. The number of nitrogens with one attached hydrogen (secondary N) is 1. The lowest BCUT2D eigenvalue weighted by molar-refractivity contribution is 0.0950. The van der Waals surface area contributed by atoms with Crippen LogP contribution in [0.2, 0.25) is 0 Å². The lowest BCUT2D eigenvalue weighted by Crippen LogP contribution is -2.24. The number of amides is 1. The summed E-state index contributed by atoms with van der Waals surface area (Å²) in [4.78, 5) is 18.2. The van der Waals surface area contributed by atoms with Crippen molar-refractivity contribution in [2.75, 3.05) is 20.1 Å². The monoisotopic (exact) mass is 233 g/mol. The molecule has 92 valence electrons. The van der Waals surface area contributed by atoms with E-state index in [1.807, 2.05) is 19.1 Å². The van der Waals surface area contributed by atoms with Gasteiger partial charge in [-0.3, -0.25) is 14.7 Å². The Hall–Kier alpha value is -1.42. The fourth-order valence-electron chi connectivity index (χ4n) is 2.36. The first-order valence-electron chi connectivity index (χ1n) is 6.16. The zero-order chi connectivity index (χ0) is 12.3. The summed E-state index contributed by atoms with van der Waals surface area (Å²) in [5.74, 6) is -0.0880. The summed E-state index contributed by atoms with van der Waals surface area (Å²) >= 11 is 0. The molecule has 4 heteroatoms. The minimum absolute atomic E-state index is 0.0880. The van der Waals surface area contributed by atoms with Crippen LogP contribution in [0, 0.1) is 0 Å². The van der Waals surface area contributed by atoms with Gasteiger partial charge < -0.3 is 5.32 Å². The van der Waals surface area contributed by atoms with Crippen molar-refractivity contribution in [1.29, 1.82) is 0 Å². The van der Waals surface area contributed by atoms with E-state index in [0.29, 0.717) is 18.3 Å². The van der Waals surface area contributed by atoms with E-state index < -0.39 is 0 Å². The van der Waals surface area contributed by atoms with Crippen molar-refractivity contribution >= 4 is 5.91 Å². The quantitative estimate of drug-likeness (QED) is 0.862. The van der Waals surface area contributed by atoms with Crippen LogP contribution in [0.1, 0.15) is 41.9 Å². The number of hydrogen-bond donors (Lipinski definition) is 1. The first-order chi connectivity index (χ1) is 8.22. The molecule has 1 fully saturated rings. The predicted octanol–water partition coefficient (Wildman–Crippen LogP) is 1.60. The average Bonchev–Trinajstić information content (AvgIpc) is 2.76. The van der Waals surface area contributed by atoms with Crippen molar-refractivity contribution in [2.24, 2.45) is 0 Å². The second kappa shape index (κ2) is 5.27. The Kier molecular flexibility index (Phi) is 3.74. The molecule has 17 heavy (non-hydrogen) atoms. The molecular weight excluding hydrogens is 214 g/mol. The zero-order valence-corrected chi connectivity index (χ0v) is 10.4. The number of hydrogen-bond acceptors (Lipinski definition) is 3. The molecule has 1 aromatic heterocycles.